The molecule has 2 atom stereocenters. The molecule has 8 nitrogen and oxygen atoms in total. The van der Waals surface area contributed by atoms with Crippen molar-refractivity contribution in [2.24, 2.45) is 5.92 Å². The van der Waals surface area contributed by atoms with Crippen molar-refractivity contribution in [2.45, 2.75) is 6.04 Å². The van der Waals surface area contributed by atoms with Crippen molar-refractivity contribution in [1.82, 2.24) is 10.6 Å². The molecule has 25 heavy (non-hydrogen) atoms. The Kier molecular flexibility index (Phi) is 6.24. The Hall–Kier alpha value is -2.74. The van der Waals surface area contributed by atoms with Crippen LogP contribution < -0.4 is 20.1 Å². The zero-order valence-corrected chi connectivity index (χ0v) is 14.5. The standard InChI is InChI=1S/C17H22N2O6/c1-10-14(16(20)25-8-7-22-2)15(19-17(21)18-10)12-9-11(23-3)5-6-13(12)24-4/h5-6,9,14-15H,1,7-8H2,2-4H3,(H2,18,19,21)/t14-,15+/m0/s1. The SMILES string of the molecule is C=C1NC(=O)N[C@H](c2cc(OC)ccc2OC)[C@H]1C(=O)OCCOC. The van der Waals surface area contributed by atoms with Crippen molar-refractivity contribution in [3.05, 3.63) is 36.0 Å². The summed E-state index contributed by atoms with van der Waals surface area (Å²) in [5.74, 6) is -0.267. The second-order valence-electron chi connectivity index (χ2n) is 5.35. The van der Waals surface area contributed by atoms with E-state index < -0.39 is 24.0 Å². The lowest BCUT2D eigenvalue weighted by molar-refractivity contribution is -0.149. The van der Waals surface area contributed by atoms with Crippen LogP contribution in [0.4, 0.5) is 4.79 Å². The Morgan fingerprint density at radius 1 is 1.20 bits per heavy atom. The van der Waals surface area contributed by atoms with E-state index in [1.807, 2.05) is 0 Å². The summed E-state index contributed by atoms with van der Waals surface area (Å²) in [5, 5.41) is 5.25. The van der Waals surface area contributed by atoms with Crippen molar-refractivity contribution >= 4 is 12.0 Å². The fourth-order valence-corrected chi connectivity index (χ4v) is 2.62. The molecular formula is C17H22N2O6. The van der Waals surface area contributed by atoms with Gasteiger partial charge in [-0.3, -0.25) is 4.79 Å². The smallest absolute Gasteiger partial charge is 0.319 e. The average Bonchev–Trinajstić information content (AvgIpc) is 2.60. The summed E-state index contributed by atoms with van der Waals surface area (Å²) in [7, 11) is 4.55. The van der Waals surface area contributed by atoms with Gasteiger partial charge in [0.15, 0.2) is 0 Å². The van der Waals surface area contributed by atoms with E-state index in [1.54, 1.807) is 18.2 Å². The van der Waals surface area contributed by atoms with Gasteiger partial charge < -0.3 is 29.6 Å². The normalized spacial score (nSPS) is 19.6. The summed E-state index contributed by atoms with van der Waals surface area (Å²) in [6.45, 7) is 4.17. The maximum absolute atomic E-state index is 12.5. The number of nitrogens with one attached hydrogen (secondary N) is 2. The van der Waals surface area contributed by atoms with Gasteiger partial charge in [-0.25, -0.2) is 4.79 Å². The van der Waals surface area contributed by atoms with Crippen LogP contribution in [0.2, 0.25) is 0 Å². The zero-order chi connectivity index (χ0) is 18.4. The third-order valence-electron chi connectivity index (χ3n) is 3.83. The molecule has 1 fully saturated rings. The molecule has 0 radical (unpaired) electrons. The number of carbonyl (C=O) groups is 2. The van der Waals surface area contributed by atoms with E-state index in [0.717, 1.165) is 0 Å². The molecule has 1 aromatic carbocycles. The molecule has 1 aliphatic rings. The molecule has 136 valence electrons. The summed E-state index contributed by atoms with van der Waals surface area (Å²) in [4.78, 5) is 24.4. The van der Waals surface area contributed by atoms with Gasteiger partial charge in [-0.05, 0) is 18.2 Å². The number of methoxy groups -OCH3 is 3. The first-order chi connectivity index (χ1) is 12.0. The van der Waals surface area contributed by atoms with Gasteiger partial charge in [-0.2, -0.15) is 0 Å². The molecule has 1 aliphatic heterocycles. The Morgan fingerprint density at radius 3 is 2.60 bits per heavy atom. The van der Waals surface area contributed by atoms with Crippen molar-refractivity contribution in [2.75, 3.05) is 34.5 Å². The van der Waals surface area contributed by atoms with E-state index in [-0.39, 0.29) is 18.9 Å². The molecule has 0 spiro atoms. The van der Waals surface area contributed by atoms with Crippen LogP contribution in [-0.4, -0.2) is 46.5 Å². The van der Waals surface area contributed by atoms with Gasteiger partial charge in [-0.15, -0.1) is 0 Å². The minimum Gasteiger partial charge on any atom is -0.497 e. The van der Waals surface area contributed by atoms with E-state index >= 15 is 0 Å². The van der Waals surface area contributed by atoms with Gasteiger partial charge in [0, 0.05) is 18.4 Å². The number of esters is 1. The second kappa shape index (κ2) is 8.39. The van der Waals surface area contributed by atoms with E-state index in [2.05, 4.69) is 17.2 Å². The number of urea groups is 1. The second-order valence-corrected chi connectivity index (χ2v) is 5.35. The van der Waals surface area contributed by atoms with Crippen LogP contribution >= 0.6 is 0 Å². The first-order valence-corrected chi connectivity index (χ1v) is 7.65. The minimum atomic E-state index is -0.824. The van der Waals surface area contributed by atoms with Gasteiger partial charge in [0.05, 0.1) is 26.9 Å². The number of ether oxygens (including phenoxy) is 4. The van der Waals surface area contributed by atoms with Gasteiger partial charge in [0.2, 0.25) is 0 Å². The van der Waals surface area contributed by atoms with Gasteiger partial charge in [0.1, 0.15) is 24.0 Å². The molecule has 0 aromatic heterocycles. The highest BCUT2D eigenvalue weighted by atomic mass is 16.6. The van der Waals surface area contributed by atoms with Crippen LogP contribution in [0.3, 0.4) is 0 Å². The zero-order valence-electron chi connectivity index (χ0n) is 14.5. The van der Waals surface area contributed by atoms with Crippen molar-refractivity contribution in [1.29, 1.82) is 0 Å². The van der Waals surface area contributed by atoms with Gasteiger partial charge in [-0.1, -0.05) is 6.58 Å². The maximum Gasteiger partial charge on any atom is 0.319 e. The minimum absolute atomic E-state index is 0.106. The summed E-state index contributed by atoms with van der Waals surface area (Å²) in [6, 6.07) is 3.98. The number of benzene rings is 1. The average molecular weight is 350 g/mol. The van der Waals surface area contributed by atoms with E-state index in [4.69, 9.17) is 18.9 Å². The molecule has 0 unspecified atom stereocenters. The molecule has 2 rings (SSSR count). The molecule has 8 heteroatoms. The Balaban J connectivity index is 2.38. The number of rotatable bonds is 7. The van der Waals surface area contributed by atoms with Gasteiger partial charge in [0.25, 0.3) is 0 Å². The molecule has 2 N–H and O–H groups in total. The number of hydrogen-bond acceptors (Lipinski definition) is 6. The van der Waals surface area contributed by atoms with Crippen LogP contribution in [0, 0.1) is 5.92 Å². The Morgan fingerprint density at radius 2 is 1.96 bits per heavy atom. The third-order valence-corrected chi connectivity index (χ3v) is 3.83. The summed E-state index contributed by atoms with van der Waals surface area (Å²) >= 11 is 0. The number of hydrogen-bond donors (Lipinski definition) is 2. The van der Waals surface area contributed by atoms with Crippen molar-refractivity contribution in [3.63, 3.8) is 0 Å². The van der Waals surface area contributed by atoms with E-state index in [9.17, 15) is 9.59 Å². The molecule has 0 bridgehead atoms. The van der Waals surface area contributed by atoms with Crippen molar-refractivity contribution < 1.29 is 28.5 Å². The van der Waals surface area contributed by atoms with Crippen molar-refractivity contribution in [3.8, 4) is 11.5 Å². The quantitative estimate of drug-likeness (QED) is 0.570. The lowest BCUT2D eigenvalue weighted by Crippen LogP contribution is -2.51. The Labute approximate surface area is 146 Å². The predicted octanol–water partition coefficient (Wildman–Crippen LogP) is 1.38. The topological polar surface area (TPSA) is 95.1 Å². The molecule has 1 heterocycles. The summed E-state index contributed by atoms with van der Waals surface area (Å²) in [5.41, 5.74) is 0.840. The van der Waals surface area contributed by atoms with Crippen LogP contribution in [0.1, 0.15) is 11.6 Å². The van der Waals surface area contributed by atoms with E-state index in [0.29, 0.717) is 17.1 Å². The van der Waals surface area contributed by atoms with Crippen LogP contribution in [-0.2, 0) is 14.3 Å². The molecule has 0 aliphatic carbocycles. The lowest BCUT2D eigenvalue weighted by Gasteiger charge is -2.34. The molecule has 1 saturated heterocycles. The largest absolute Gasteiger partial charge is 0.497 e. The molecule has 2 amide bonds. The number of carbonyl (C=O) groups excluding carboxylic acids is 2. The van der Waals surface area contributed by atoms with Crippen LogP contribution in [0.5, 0.6) is 11.5 Å². The monoisotopic (exact) mass is 350 g/mol. The van der Waals surface area contributed by atoms with E-state index in [1.165, 1.54) is 21.3 Å². The molecule has 1 aromatic rings. The fourth-order valence-electron chi connectivity index (χ4n) is 2.62. The molecule has 0 saturated carbocycles. The predicted molar refractivity (Wildman–Crippen MR) is 89.4 cm³/mol. The highest BCUT2D eigenvalue weighted by molar-refractivity contribution is 5.85. The number of amides is 2. The third kappa shape index (κ3) is 4.21. The lowest BCUT2D eigenvalue weighted by atomic mass is 9.88. The van der Waals surface area contributed by atoms with Crippen LogP contribution in [0.15, 0.2) is 30.5 Å². The van der Waals surface area contributed by atoms with Gasteiger partial charge >= 0.3 is 12.0 Å². The summed E-state index contributed by atoms with van der Waals surface area (Å²) < 4.78 is 20.7. The Bertz CT molecular complexity index is 661. The maximum atomic E-state index is 12.5. The molecular weight excluding hydrogens is 328 g/mol. The highest BCUT2D eigenvalue weighted by Crippen LogP contribution is 2.37. The first kappa shape index (κ1) is 18.6. The van der Waals surface area contributed by atoms with Crippen LogP contribution in [0.25, 0.3) is 0 Å². The first-order valence-electron chi connectivity index (χ1n) is 7.65. The fraction of sp³-hybridized carbons (Fsp3) is 0.412. The highest BCUT2D eigenvalue weighted by Gasteiger charge is 2.40. The summed E-state index contributed by atoms with van der Waals surface area (Å²) in [6.07, 6.45) is 0.